The Morgan fingerprint density at radius 1 is 0.831 bits per heavy atom. The van der Waals surface area contributed by atoms with E-state index >= 15 is 0 Å². The van der Waals surface area contributed by atoms with Crippen molar-refractivity contribution in [1.29, 1.82) is 0 Å². The monoisotopic (exact) mass is 812 g/mol. The number of hydrogen-bond acceptors (Lipinski definition) is 7. The maximum atomic E-state index is 14.2. The molecule has 0 aromatic heterocycles. The van der Waals surface area contributed by atoms with Crippen LogP contribution in [-0.2, 0) is 25.7 Å². The maximum absolute atomic E-state index is 14.2. The van der Waals surface area contributed by atoms with E-state index in [9.17, 15) is 19.5 Å². The summed E-state index contributed by atoms with van der Waals surface area (Å²) in [5.41, 5.74) is 5.01. The largest absolute Gasteiger partial charge is 0.481 e. The Bertz CT molecular complexity index is 1840. The van der Waals surface area contributed by atoms with Crippen LogP contribution in [0.3, 0.4) is 0 Å². The number of esters is 1. The molecule has 0 bridgehead atoms. The highest BCUT2D eigenvalue weighted by Crippen LogP contribution is 2.77. The highest BCUT2D eigenvalue weighted by Gasteiger charge is 2.70. The van der Waals surface area contributed by atoms with E-state index in [1.807, 2.05) is 13.8 Å². The first-order valence-corrected chi connectivity index (χ1v) is 23.6. The molecule has 6 fully saturated rings. The Morgan fingerprint density at radius 3 is 2.17 bits per heavy atom. The van der Waals surface area contributed by atoms with Crippen molar-refractivity contribution >= 4 is 23.4 Å². The van der Waals surface area contributed by atoms with E-state index in [0.29, 0.717) is 36.4 Å². The third-order valence-corrected chi connectivity index (χ3v) is 19.5. The highest BCUT2D eigenvalue weighted by molar-refractivity contribution is 6.00. The number of fused-ring (bicyclic) bond motifs is 7. The lowest BCUT2D eigenvalue weighted by Gasteiger charge is -2.72. The fraction of sp³-hybridized carbons (Fsp3) is 0.784. The van der Waals surface area contributed by atoms with E-state index in [-0.39, 0.29) is 51.0 Å². The van der Waals surface area contributed by atoms with Gasteiger partial charge in [0, 0.05) is 55.7 Å². The number of carbonyl (C=O) groups is 3. The van der Waals surface area contributed by atoms with Gasteiger partial charge in [-0.3, -0.25) is 14.4 Å². The normalized spacial score (nSPS) is 40.1. The van der Waals surface area contributed by atoms with Crippen LogP contribution in [0.4, 0.5) is 5.69 Å². The van der Waals surface area contributed by atoms with Gasteiger partial charge in [-0.15, -0.1) is 0 Å². The number of benzene rings is 1. The molecule has 2 N–H and O–H groups in total. The SMILES string of the molecule is CC(C)C1=C2[C@H]3CC[C@@H]4[C@@]5(C)CC[C@H](OC(=O)[C@H]6C[C@@H](C(=O)O)C6(C)C)C(C)(C)[C@@H]5CC[C@@]4(C)[C@]3(C)CC[C@@]2(CCNCc2ccc(N3CCN(C)CC3)cc2)CC1=O. The molecule has 0 amide bonds. The lowest BCUT2D eigenvalue weighted by Crippen LogP contribution is -2.66. The summed E-state index contributed by atoms with van der Waals surface area (Å²) >= 11 is 0. The van der Waals surface area contributed by atoms with Gasteiger partial charge in [0.25, 0.3) is 0 Å². The number of piperazine rings is 1. The van der Waals surface area contributed by atoms with E-state index < -0.39 is 17.3 Å². The second-order valence-corrected chi connectivity index (χ2v) is 23.1. The van der Waals surface area contributed by atoms with E-state index in [0.717, 1.165) is 77.8 Å². The van der Waals surface area contributed by atoms with Gasteiger partial charge < -0.3 is 25.0 Å². The summed E-state index contributed by atoms with van der Waals surface area (Å²) in [7, 11) is 2.20. The van der Waals surface area contributed by atoms with Crippen molar-refractivity contribution in [2.45, 2.75) is 146 Å². The number of carboxylic acids is 1. The van der Waals surface area contributed by atoms with Crippen LogP contribution in [0, 0.1) is 68.0 Å². The number of rotatable bonds is 10. The van der Waals surface area contributed by atoms with Crippen LogP contribution in [0.2, 0.25) is 0 Å². The average molecular weight is 812 g/mol. The Kier molecular flexibility index (Phi) is 10.9. The molecular formula is C51H77N3O5. The molecule has 59 heavy (non-hydrogen) atoms. The van der Waals surface area contributed by atoms with Gasteiger partial charge >= 0.3 is 11.9 Å². The van der Waals surface area contributed by atoms with Gasteiger partial charge in [-0.25, -0.2) is 0 Å². The van der Waals surface area contributed by atoms with Crippen LogP contribution in [0.5, 0.6) is 0 Å². The van der Waals surface area contributed by atoms with Crippen LogP contribution in [-0.4, -0.2) is 73.6 Å². The summed E-state index contributed by atoms with van der Waals surface area (Å²) in [5, 5.41) is 13.5. The van der Waals surface area contributed by atoms with Crippen molar-refractivity contribution < 1.29 is 24.2 Å². The number of aliphatic carboxylic acids is 1. The number of carboxylic acid groups (broad SMARTS) is 1. The van der Waals surface area contributed by atoms with Crippen LogP contribution in [0.15, 0.2) is 35.4 Å². The summed E-state index contributed by atoms with van der Waals surface area (Å²) in [6.07, 6.45) is 10.8. The second kappa shape index (κ2) is 15.0. The minimum atomic E-state index is -0.813. The number of ketones is 1. The Morgan fingerprint density at radius 2 is 1.53 bits per heavy atom. The molecule has 1 saturated heterocycles. The van der Waals surface area contributed by atoms with Crippen molar-refractivity contribution in [1.82, 2.24) is 10.2 Å². The predicted molar refractivity (Wildman–Crippen MR) is 235 cm³/mol. The number of allylic oxidation sites excluding steroid dienone is 2. The van der Waals surface area contributed by atoms with E-state index in [4.69, 9.17) is 4.74 Å². The lowest BCUT2D eigenvalue weighted by atomic mass is 9.33. The molecule has 0 radical (unpaired) electrons. The molecule has 7 aliphatic rings. The molecule has 0 unspecified atom stereocenters. The highest BCUT2D eigenvalue weighted by atomic mass is 16.5. The van der Waals surface area contributed by atoms with E-state index in [1.165, 1.54) is 36.1 Å². The number of hydrogen-bond donors (Lipinski definition) is 2. The van der Waals surface area contributed by atoms with Gasteiger partial charge in [0.15, 0.2) is 5.78 Å². The zero-order valence-electron chi connectivity index (χ0n) is 38.3. The zero-order chi connectivity index (χ0) is 42.5. The molecule has 8 heteroatoms. The molecule has 5 saturated carbocycles. The van der Waals surface area contributed by atoms with Gasteiger partial charge in [-0.1, -0.05) is 80.0 Å². The van der Waals surface area contributed by atoms with Crippen molar-refractivity contribution in [3.8, 4) is 0 Å². The standard InChI is InChI=1S/C51H77N3O5/c1-32(2)42-38(55)30-51(23-24-52-31-33-11-13-34(14-12-33)54-27-25-53(10)26-28-54)22-21-49(8)35(43(42)51)15-16-40-48(7)19-18-41(47(5,6)39(48)17-20-50(40,49)9)59-45(58)37-29-36(44(56)57)46(37,3)4/h11-14,32,35-37,39-41,52H,15-31H2,1-10H3,(H,56,57)/t35-,36+,37-,39+,40-,41+,48+,49-,50-,51-/m1/s1. The predicted octanol–water partition coefficient (Wildman–Crippen LogP) is 9.56. The van der Waals surface area contributed by atoms with Crippen LogP contribution in [0.25, 0.3) is 0 Å². The molecule has 1 heterocycles. The number of ether oxygens (including phenoxy) is 1. The summed E-state index contributed by atoms with van der Waals surface area (Å²) in [6, 6.07) is 9.15. The summed E-state index contributed by atoms with van der Waals surface area (Å²) < 4.78 is 6.46. The molecule has 0 spiro atoms. The first-order valence-electron chi connectivity index (χ1n) is 23.6. The fourth-order valence-corrected chi connectivity index (χ4v) is 15.7. The van der Waals surface area contributed by atoms with Crippen LogP contribution in [0.1, 0.15) is 139 Å². The second-order valence-electron chi connectivity index (χ2n) is 23.1. The Balaban J connectivity index is 0.967. The van der Waals surface area contributed by atoms with E-state index in [2.05, 4.69) is 94.9 Å². The smallest absolute Gasteiger partial charge is 0.309 e. The minimum Gasteiger partial charge on any atom is -0.481 e. The quantitative estimate of drug-likeness (QED) is 0.178. The summed E-state index contributed by atoms with van der Waals surface area (Å²) in [6.45, 7) is 27.1. The topological polar surface area (TPSA) is 99.2 Å². The van der Waals surface area contributed by atoms with Crippen molar-refractivity contribution in [3.63, 3.8) is 0 Å². The Labute approximate surface area is 356 Å². The fourth-order valence-electron chi connectivity index (χ4n) is 15.7. The van der Waals surface area contributed by atoms with Gasteiger partial charge in [-0.2, -0.15) is 0 Å². The number of likely N-dealkylation sites (N-methyl/N-ethyl adjacent to an activating group) is 1. The molecule has 326 valence electrons. The first kappa shape index (κ1) is 43.0. The molecule has 1 aromatic rings. The van der Waals surface area contributed by atoms with Crippen molar-refractivity contribution in [3.05, 3.63) is 41.0 Å². The van der Waals surface area contributed by atoms with Gasteiger partial charge in [0.2, 0.25) is 0 Å². The number of carbonyl (C=O) groups excluding carboxylic acids is 2. The zero-order valence-corrected chi connectivity index (χ0v) is 38.3. The lowest BCUT2D eigenvalue weighted by molar-refractivity contribution is -0.236. The third-order valence-electron chi connectivity index (χ3n) is 19.5. The van der Waals surface area contributed by atoms with Crippen LogP contribution < -0.4 is 10.2 Å². The molecular weight excluding hydrogens is 735 g/mol. The van der Waals surface area contributed by atoms with Gasteiger partial charge in [0.1, 0.15) is 6.10 Å². The maximum Gasteiger partial charge on any atom is 0.309 e. The summed E-state index contributed by atoms with van der Waals surface area (Å²) in [4.78, 5) is 44.5. The summed E-state index contributed by atoms with van der Waals surface area (Å²) in [5.74, 6) is 0.255. The number of anilines is 1. The third kappa shape index (κ3) is 6.68. The number of nitrogens with zero attached hydrogens (tertiary/aromatic N) is 2. The molecule has 1 aromatic carbocycles. The number of nitrogens with one attached hydrogen (secondary N) is 1. The van der Waals surface area contributed by atoms with E-state index in [1.54, 1.807) is 5.57 Å². The minimum absolute atomic E-state index is 0.0349. The number of Topliss-reactive ketones (excluding diaryl/α,β-unsaturated/α-hetero) is 1. The molecule has 8 nitrogen and oxygen atoms in total. The van der Waals surface area contributed by atoms with Gasteiger partial charge in [0.05, 0.1) is 11.8 Å². The van der Waals surface area contributed by atoms with Crippen LogP contribution >= 0.6 is 0 Å². The molecule has 10 atom stereocenters. The Hall–Kier alpha value is -2.71. The molecule has 1 aliphatic heterocycles. The van der Waals surface area contributed by atoms with Crippen molar-refractivity contribution in [2.75, 3.05) is 44.7 Å². The average Bonchev–Trinajstić information content (AvgIpc) is 3.47. The first-order chi connectivity index (χ1) is 27.7. The molecule has 8 rings (SSSR count). The van der Waals surface area contributed by atoms with Crippen molar-refractivity contribution in [2.24, 2.45) is 68.0 Å². The molecule has 6 aliphatic carbocycles. The van der Waals surface area contributed by atoms with Gasteiger partial charge in [-0.05, 0) is 146 Å².